The van der Waals surface area contributed by atoms with Crippen molar-refractivity contribution in [2.75, 3.05) is 33.4 Å². The lowest BCUT2D eigenvalue weighted by molar-refractivity contribution is 0.174. The Morgan fingerprint density at radius 2 is 1.90 bits per heavy atom. The second kappa shape index (κ2) is 6.67. The summed E-state index contributed by atoms with van der Waals surface area (Å²) in [5.74, 6) is 1.72. The monoisotopic (exact) mass is 292 g/mol. The zero-order valence-electron chi connectivity index (χ0n) is 13.7. The molecule has 1 aromatic carbocycles. The van der Waals surface area contributed by atoms with Crippen LogP contribution in [-0.2, 0) is 0 Å². The van der Waals surface area contributed by atoms with Gasteiger partial charge in [-0.1, -0.05) is 19.9 Å². The highest BCUT2D eigenvalue weighted by atomic mass is 16.5. The number of hydrogen-bond acceptors (Lipinski definition) is 4. The lowest BCUT2D eigenvalue weighted by atomic mass is 9.92. The van der Waals surface area contributed by atoms with E-state index >= 15 is 0 Å². The van der Waals surface area contributed by atoms with E-state index in [4.69, 9.17) is 15.2 Å². The van der Waals surface area contributed by atoms with E-state index in [0.717, 1.165) is 37.7 Å². The second-order valence-electron chi connectivity index (χ2n) is 6.72. The molecule has 0 spiro atoms. The third-order valence-electron chi connectivity index (χ3n) is 4.15. The van der Waals surface area contributed by atoms with Crippen molar-refractivity contribution in [3.63, 3.8) is 0 Å². The molecule has 1 heterocycles. The smallest absolute Gasteiger partial charge is 0.161 e. The quantitative estimate of drug-likeness (QED) is 0.906. The molecule has 1 aliphatic heterocycles. The third-order valence-corrected chi connectivity index (χ3v) is 4.15. The lowest BCUT2D eigenvalue weighted by Crippen LogP contribution is -2.37. The molecule has 118 valence electrons. The van der Waals surface area contributed by atoms with Crippen LogP contribution in [0.15, 0.2) is 18.2 Å². The topological polar surface area (TPSA) is 47.7 Å². The highest BCUT2D eigenvalue weighted by Gasteiger charge is 2.22. The summed E-state index contributed by atoms with van der Waals surface area (Å²) in [4.78, 5) is 2.34. The summed E-state index contributed by atoms with van der Waals surface area (Å²) in [6.07, 6.45) is 0.935. The standard InChI is InChI=1S/C17H28N2O2/c1-13(19(4)12-17(2,3)11-18)14-6-7-15-16(10-14)21-9-5-8-20-15/h6-7,10,13H,5,8-9,11-12,18H2,1-4H3. The van der Waals surface area contributed by atoms with Crippen LogP contribution < -0.4 is 15.2 Å². The maximum atomic E-state index is 5.84. The van der Waals surface area contributed by atoms with E-state index in [1.54, 1.807) is 0 Å². The molecule has 0 amide bonds. The van der Waals surface area contributed by atoms with Crippen molar-refractivity contribution >= 4 is 0 Å². The summed E-state index contributed by atoms with van der Waals surface area (Å²) in [6, 6.07) is 6.57. The number of hydrogen-bond donors (Lipinski definition) is 1. The molecular formula is C17H28N2O2. The van der Waals surface area contributed by atoms with Crippen LogP contribution in [0.1, 0.15) is 38.8 Å². The molecule has 4 nitrogen and oxygen atoms in total. The zero-order chi connectivity index (χ0) is 15.5. The third kappa shape index (κ3) is 4.11. The molecule has 1 unspecified atom stereocenters. The Kier molecular flexibility index (Phi) is 5.12. The minimum absolute atomic E-state index is 0.119. The minimum Gasteiger partial charge on any atom is -0.490 e. The molecule has 1 atom stereocenters. The van der Waals surface area contributed by atoms with Gasteiger partial charge in [0, 0.05) is 19.0 Å². The van der Waals surface area contributed by atoms with Crippen molar-refractivity contribution in [1.29, 1.82) is 0 Å². The molecule has 21 heavy (non-hydrogen) atoms. The van der Waals surface area contributed by atoms with Gasteiger partial charge in [-0.3, -0.25) is 4.90 Å². The van der Waals surface area contributed by atoms with Crippen LogP contribution in [-0.4, -0.2) is 38.3 Å². The molecule has 0 radical (unpaired) electrons. The molecule has 0 aromatic heterocycles. The summed E-state index contributed by atoms with van der Waals surface area (Å²) >= 11 is 0. The highest BCUT2D eigenvalue weighted by Crippen LogP contribution is 2.34. The minimum atomic E-state index is 0.119. The van der Waals surface area contributed by atoms with E-state index in [1.807, 2.05) is 6.07 Å². The summed E-state index contributed by atoms with van der Waals surface area (Å²) in [5.41, 5.74) is 7.20. The summed E-state index contributed by atoms with van der Waals surface area (Å²) in [5, 5.41) is 0. The van der Waals surface area contributed by atoms with Gasteiger partial charge in [-0.05, 0) is 43.6 Å². The van der Waals surface area contributed by atoms with Crippen molar-refractivity contribution in [3.05, 3.63) is 23.8 Å². The largest absolute Gasteiger partial charge is 0.490 e. The average Bonchev–Trinajstić information content (AvgIpc) is 2.70. The Bertz CT molecular complexity index is 474. The van der Waals surface area contributed by atoms with Gasteiger partial charge in [-0.25, -0.2) is 0 Å². The fourth-order valence-electron chi connectivity index (χ4n) is 2.57. The predicted octanol–water partition coefficient (Wildman–Crippen LogP) is 2.83. The van der Waals surface area contributed by atoms with Gasteiger partial charge in [0.1, 0.15) is 0 Å². The van der Waals surface area contributed by atoms with Gasteiger partial charge < -0.3 is 15.2 Å². The van der Waals surface area contributed by atoms with Crippen molar-refractivity contribution in [2.24, 2.45) is 11.1 Å². The first-order chi connectivity index (χ1) is 9.93. The fourth-order valence-corrected chi connectivity index (χ4v) is 2.57. The number of rotatable bonds is 5. The Labute approximate surface area is 128 Å². The fraction of sp³-hybridized carbons (Fsp3) is 0.647. The van der Waals surface area contributed by atoms with Gasteiger partial charge in [0.25, 0.3) is 0 Å². The van der Waals surface area contributed by atoms with Gasteiger partial charge in [-0.2, -0.15) is 0 Å². The van der Waals surface area contributed by atoms with E-state index in [1.165, 1.54) is 5.56 Å². The molecule has 0 saturated heterocycles. The molecular weight excluding hydrogens is 264 g/mol. The SMILES string of the molecule is CC(c1ccc2c(c1)OCCCO2)N(C)CC(C)(C)CN. The van der Waals surface area contributed by atoms with Crippen LogP contribution in [0.25, 0.3) is 0 Å². The molecule has 1 aromatic rings. The van der Waals surface area contributed by atoms with Crippen LogP contribution in [0, 0.1) is 5.41 Å². The number of fused-ring (bicyclic) bond motifs is 1. The van der Waals surface area contributed by atoms with Crippen LogP contribution in [0.5, 0.6) is 11.5 Å². The predicted molar refractivity (Wildman–Crippen MR) is 85.9 cm³/mol. The van der Waals surface area contributed by atoms with Crippen molar-refractivity contribution < 1.29 is 9.47 Å². The van der Waals surface area contributed by atoms with Crippen molar-refractivity contribution in [2.45, 2.75) is 33.2 Å². The van der Waals surface area contributed by atoms with Crippen LogP contribution in [0.2, 0.25) is 0 Å². The van der Waals surface area contributed by atoms with E-state index in [9.17, 15) is 0 Å². The van der Waals surface area contributed by atoms with Gasteiger partial charge >= 0.3 is 0 Å². The number of benzene rings is 1. The van der Waals surface area contributed by atoms with Crippen LogP contribution in [0.4, 0.5) is 0 Å². The second-order valence-corrected chi connectivity index (χ2v) is 6.72. The maximum Gasteiger partial charge on any atom is 0.161 e. The first-order valence-corrected chi connectivity index (χ1v) is 7.73. The van der Waals surface area contributed by atoms with E-state index in [-0.39, 0.29) is 5.41 Å². The van der Waals surface area contributed by atoms with E-state index in [2.05, 4.69) is 44.9 Å². The highest BCUT2D eigenvalue weighted by molar-refractivity contribution is 5.44. The van der Waals surface area contributed by atoms with Crippen LogP contribution in [0.3, 0.4) is 0 Å². The summed E-state index contributed by atoms with van der Waals surface area (Å²) < 4.78 is 11.5. The van der Waals surface area contributed by atoms with Gasteiger partial charge in [0.2, 0.25) is 0 Å². The van der Waals surface area contributed by atoms with E-state index < -0.39 is 0 Å². The molecule has 0 fully saturated rings. The maximum absolute atomic E-state index is 5.84. The van der Waals surface area contributed by atoms with Crippen LogP contribution >= 0.6 is 0 Å². The Morgan fingerprint density at radius 1 is 1.24 bits per heavy atom. The molecule has 0 saturated carbocycles. The first-order valence-electron chi connectivity index (χ1n) is 7.73. The van der Waals surface area contributed by atoms with Crippen molar-refractivity contribution in [1.82, 2.24) is 4.90 Å². The molecule has 0 aliphatic carbocycles. The Hall–Kier alpha value is -1.26. The van der Waals surface area contributed by atoms with Gasteiger partial charge in [-0.15, -0.1) is 0 Å². The summed E-state index contributed by atoms with van der Waals surface area (Å²) in [7, 11) is 2.14. The zero-order valence-corrected chi connectivity index (χ0v) is 13.7. The number of nitrogens with two attached hydrogens (primary N) is 1. The lowest BCUT2D eigenvalue weighted by Gasteiger charge is -2.33. The first kappa shape index (κ1) is 16.1. The average molecular weight is 292 g/mol. The molecule has 2 N–H and O–H groups in total. The summed E-state index contributed by atoms with van der Waals surface area (Å²) in [6.45, 7) is 9.71. The molecule has 4 heteroatoms. The van der Waals surface area contributed by atoms with E-state index in [0.29, 0.717) is 12.6 Å². The molecule has 2 rings (SSSR count). The normalized spacial score (nSPS) is 16.7. The number of ether oxygens (including phenoxy) is 2. The Morgan fingerprint density at radius 3 is 2.57 bits per heavy atom. The number of nitrogens with zero attached hydrogens (tertiary/aromatic N) is 1. The molecule has 1 aliphatic rings. The molecule has 0 bridgehead atoms. The van der Waals surface area contributed by atoms with Gasteiger partial charge in [0.05, 0.1) is 13.2 Å². The Balaban J connectivity index is 2.12. The van der Waals surface area contributed by atoms with Gasteiger partial charge in [0.15, 0.2) is 11.5 Å². The van der Waals surface area contributed by atoms with Crippen molar-refractivity contribution in [3.8, 4) is 11.5 Å².